The zero-order chi connectivity index (χ0) is 21.8. The molecular weight excluding hydrogens is 430 g/mol. The summed E-state index contributed by atoms with van der Waals surface area (Å²) in [7, 11) is 1.57. The first kappa shape index (κ1) is 21.2. The summed E-state index contributed by atoms with van der Waals surface area (Å²) in [6.07, 6.45) is 2.06. The highest BCUT2D eigenvalue weighted by atomic mass is 32.2. The highest BCUT2D eigenvalue weighted by Crippen LogP contribution is 2.45. The molecule has 1 aromatic heterocycles. The Bertz CT molecular complexity index is 1110. The van der Waals surface area contributed by atoms with Gasteiger partial charge in [0.15, 0.2) is 5.78 Å². The molecule has 158 valence electrons. The number of carbonyl (C=O) groups is 2. The van der Waals surface area contributed by atoms with Crippen LogP contribution in [0.2, 0.25) is 0 Å². The molecule has 0 unspecified atom stereocenters. The molecule has 1 atom stereocenters. The van der Waals surface area contributed by atoms with Crippen LogP contribution in [0.3, 0.4) is 0 Å². The first-order chi connectivity index (χ1) is 15.1. The topological polar surface area (TPSA) is 91.2 Å². The molecule has 0 bridgehead atoms. The van der Waals surface area contributed by atoms with Gasteiger partial charge in [-0.25, -0.2) is 0 Å². The lowest BCUT2D eigenvalue weighted by Crippen LogP contribution is -2.31. The van der Waals surface area contributed by atoms with Crippen molar-refractivity contribution in [2.75, 3.05) is 18.2 Å². The van der Waals surface area contributed by atoms with Crippen molar-refractivity contribution in [1.82, 2.24) is 5.32 Å². The molecule has 0 spiro atoms. The molecule has 2 aromatic rings. The average molecular weight is 452 g/mol. The van der Waals surface area contributed by atoms with Crippen molar-refractivity contribution in [3.8, 4) is 11.8 Å². The van der Waals surface area contributed by atoms with Crippen molar-refractivity contribution in [3.63, 3.8) is 0 Å². The van der Waals surface area contributed by atoms with Crippen LogP contribution >= 0.6 is 23.1 Å². The number of carbonyl (C=O) groups excluding carboxylic acids is 2. The SMILES string of the molecule is COc1cccc(NC(=O)CSC2=C(C#N)[C@H](c3cccs3)C3=C(CCCC3=O)N2)c1. The zero-order valence-corrected chi connectivity index (χ0v) is 18.6. The second kappa shape index (κ2) is 9.41. The molecule has 31 heavy (non-hydrogen) atoms. The third kappa shape index (κ3) is 4.53. The van der Waals surface area contributed by atoms with Gasteiger partial charge in [-0.05, 0) is 36.4 Å². The monoisotopic (exact) mass is 451 g/mol. The lowest BCUT2D eigenvalue weighted by molar-refractivity contribution is -0.116. The van der Waals surface area contributed by atoms with E-state index in [-0.39, 0.29) is 23.4 Å². The molecular formula is C23H21N3O3S2. The van der Waals surface area contributed by atoms with E-state index in [1.54, 1.807) is 25.3 Å². The van der Waals surface area contributed by atoms with Gasteiger partial charge in [-0.3, -0.25) is 9.59 Å². The van der Waals surface area contributed by atoms with E-state index in [9.17, 15) is 14.9 Å². The standard InChI is InChI=1S/C23H21N3O3S2/c1-29-15-6-2-5-14(11-15)25-20(28)13-31-23-16(12-24)21(19-9-4-10-30-19)22-17(26-23)7-3-8-18(22)27/h2,4-6,9-11,21,26H,3,7-8,13H2,1H3,(H,25,28)/t21-/m1/s1. The zero-order valence-electron chi connectivity index (χ0n) is 16.9. The number of rotatable bonds is 6. The minimum atomic E-state index is -0.363. The van der Waals surface area contributed by atoms with Gasteiger partial charge in [-0.1, -0.05) is 23.9 Å². The molecule has 2 aliphatic rings. The van der Waals surface area contributed by atoms with Gasteiger partial charge in [0.2, 0.25) is 5.91 Å². The smallest absolute Gasteiger partial charge is 0.234 e. The number of thioether (sulfide) groups is 1. The summed E-state index contributed by atoms with van der Waals surface area (Å²) in [5, 5.41) is 18.7. The largest absolute Gasteiger partial charge is 0.497 e. The van der Waals surface area contributed by atoms with Crippen LogP contribution in [0.5, 0.6) is 5.75 Å². The van der Waals surface area contributed by atoms with Crippen molar-refractivity contribution >= 4 is 40.5 Å². The maximum atomic E-state index is 12.7. The highest BCUT2D eigenvalue weighted by molar-refractivity contribution is 8.03. The number of methoxy groups -OCH3 is 1. The summed E-state index contributed by atoms with van der Waals surface area (Å²) >= 11 is 2.83. The van der Waals surface area contributed by atoms with Crippen LogP contribution in [0.25, 0.3) is 0 Å². The van der Waals surface area contributed by atoms with Crippen LogP contribution in [-0.4, -0.2) is 24.6 Å². The number of Topliss-reactive ketones (excluding diaryl/α,β-unsaturated/α-hetero) is 1. The van der Waals surface area contributed by atoms with Crippen LogP contribution < -0.4 is 15.4 Å². The molecule has 1 aliphatic carbocycles. The van der Waals surface area contributed by atoms with Crippen LogP contribution in [0, 0.1) is 11.3 Å². The number of nitrogens with zero attached hydrogens (tertiary/aromatic N) is 1. The van der Waals surface area contributed by atoms with E-state index < -0.39 is 0 Å². The third-order valence-electron chi connectivity index (χ3n) is 5.19. The van der Waals surface area contributed by atoms with E-state index in [1.807, 2.05) is 23.6 Å². The number of ketones is 1. The fraction of sp³-hybridized carbons (Fsp3) is 0.261. The maximum Gasteiger partial charge on any atom is 0.234 e. The van der Waals surface area contributed by atoms with Gasteiger partial charge < -0.3 is 15.4 Å². The molecule has 1 amide bonds. The summed E-state index contributed by atoms with van der Waals surface area (Å²) in [6, 6.07) is 13.3. The number of amides is 1. The predicted molar refractivity (Wildman–Crippen MR) is 123 cm³/mol. The molecule has 8 heteroatoms. The van der Waals surface area contributed by atoms with E-state index in [0.29, 0.717) is 34.0 Å². The first-order valence-electron chi connectivity index (χ1n) is 9.88. The summed E-state index contributed by atoms with van der Waals surface area (Å²) in [5.74, 6) is 0.349. The number of nitrogens with one attached hydrogen (secondary N) is 2. The number of allylic oxidation sites excluding steroid dienone is 3. The summed E-state index contributed by atoms with van der Waals surface area (Å²) in [5.41, 5.74) is 2.73. The highest BCUT2D eigenvalue weighted by Gasteiger charge is 2.37. The molecule has 0 radical (unpaired) electrons. The van der Waals surface area contributed by atoms with E-state index in [1.165, 1.54) is 23.1 Å². The van der Waals surface area contributed by atoms with Gasteiger partial charge in [-0.15, -0.1) is 11.3 Å². The summed E-state index contributed by atoms with van der Waals surface area (Å²) in [4.78, 5) is 26.2. The Kier molecular flexibility index (Phi) is 6.44. The average Bonchev–Trinajstić information content (AvgIpc) is 3.31. The van der Waals surface area contributed by atoms with E-state index in [2.05, 4.69) is 16.7 Å². The molecule has 0 fully saturated rings. The van der Waals surface area contributed by atoms with Crippen LogP contribution in [0.1, 0.15) is 30.1 Å². The Balaban J connectivity index is 1.55. The van der Waals surface area contributed by atoms with Crippen LogP contribution in [-0.2, 0) is 9.59 Å². The summed E-state index contributed by atoms with van der Waals surface area (Å²) in [6.45, 7) is 0. The van der Waals surface area contributed by atoms with Crippen molar-refractivity contribution in [1.29, 1.82) is 5.26 Å². The number of anilines is 1. The Morgan fingerprint density at radius 2 is 2.23 bits per heavy atom. The lowest BCUT2D eigenvalue weighted by atomic mass is 9.79. The molecule has 6 nitrogen and oxygen atoms in total. The van der Waals surface area contributed by atoms with Crippen molar-refractivity contribution in [2.45, 2.75) is 25.2 Å². The van der Waals surface area contributed by atoms with Crippen molar-refractivity contribution in [2.24, 2.45) is 0 Å². The number of dihydropyridines is 1. The Morgan fingerprint density at radius 3 is 2.97 bits per heavy atom. The van der Waals surface area contributed by atoms with Gasteiger partial charge in [0.05, 0.1) is 35.5 Å². The van der Waals surface area contributed by atoms with Gasteiger partial charge in [0.1, 0.15) is 5.75 Å². The third-order valence-corrected chi connectivity index (χ3v) is 7.15. The Morgan fingerprint density at radius 1 is 1.35 bits per heavy atom. The second-order valence-corrected chi connectivity index (χ2v) is 9.13. The molecule has 4 rings (SSSR count). The number of nitriles is 1. The fourth-order valence-corrected chi connectivity index (χ4v) is 5.52. The second-order valence-electron chi connectivity index (χ2n) is 7.17. The fourth-order valence-electron chi connectivity index (χ4n) is 3.81. The van der Waals surface area contributed by atoms with Crippen LogP contribution in [0.4, 0.5) is 5.69 Å². The Labute approximate surface area is 189 Å². The minimum Gasteiger partial charge on any atom is -0.497 e. The predicted octanol–water partition coefficient (Wildman–Crippen LogP) is 4.56. The molecule has 2 N–H and O–H groups in total. The van der Waals surface area contributed by atoms with E-state index >= 15 is 0 Å². The summed E-state index contributed by atoms with van der Waals surface area (Å²) < 4.78 is 5.18. The van der Waals surface area contributed by atoms with E-state index in [0.717, 1.165) is 23.4 Å². The maximum absolute atomic E-state index is 12.7. The van der Waals surface area contributed by atoms with Gasteiger partial charge >= 0.3 is 0 Å². The van der Waals surface area contributed by atoms with Gasteiger partial charge in [0.25, 0.3) is 0 Å². The quantitative estimate of drug-likeness (QED) is 0.669. The molecule has 0 saturated heterocycles. The van der Waals surface area contributed by atoms with E-state index in [4.69, 9.17) is 4.74 Å². The number of hydrogen-bond acceptors (Lipinski definition) is 7. The van der Waals surface area contributed by atoms with Gasteiger partial charge in [0, 0.05) is 34.3 Å². The van der Waals surface area contributed by atoms with Crippen molar-refractivity contribution < 1.29 is 14.3 Å². The number of thiophene rings is 1. The first-order valence-corrected chi connectivity index (χ1v) is 11.7. The number of ether oxygens (including phenoxy) is 1. The van der Waals surface area contributed by atoms with Crippen LogP contribution in [0.15, 0.2) is 63.7 Å². The normalized spacial score (nSPS) is 18.2. The number of hydrogen-bond donors (Lipinski definition) is 2. The molecule has 1 aliphatic heterocycles. The Hall–Kier alpha value is -3.02. The minimum absolute atomic E-state index is 0.0970. The molecule has 1 aromatic carbocycles. The molecule has 0 saturated carbocycles. The number of benzene rings is 1. The molecule has 2 heterocycles. The van der Waals surface area contributed by atoms with Gasteiger partial charge in [-0.2, -0.15) is 5.26 Å². The van der Waals surface area contributed by atoms with Crippen molar-refractivity contribution in [3.05, 3.63) is 68.5 Å². The lowest BCUT2D eigenvalue weighted by Gasteiger charge is -2.32.